The molecule has 6 heteroatoms. The Bertz CT molecular complexity index is 728. The summed E-state index contributed by atoms with van der Waals surface area (Å²) in [6.07, 6.45) is 0.493. The van der Waals surface area contributed by atoms with Crippen LogP contribution in [-0.4, -0.2) is 23.6 Å². The second-order valence-electron chi connectivity index (χ2n) is 5.85. The lowest BCUT2D eigenvalue weighted by Gasteiger charge is -2.17. The van der Waals surface area contributed by atoms with Gasteiger partial charge in [0.15, 0.2) is 0 Å². The molecule has 0 fully saturated rings. The normalized spacial score (nSPS) is 11.6. The van der Waals surface area contributed by atoms with Crippen LogP contribution in [0.15, 0.2) is 48.5 Å². The summed E-state index contributed by atoms with van der Waals surface area (Å²) in [6, 6.07) is 12.3. The average Bonchev–Trinajstić information content (AvgIpc) is 2.61. The zero-order valence-corrected chi connectivity index (χ0v) is 14.6. The number of amides is 1. The van der Waals surface area contributed by atoms with Crippen molar-refractivity contribution >= 4 is 11.9 Å². The Morgan fingerprint density at radius 2 is 1.77 bits per heavy atom. The first-order valence-corrected chi connectivity index (χ1v) is 8.46. The minimum absolute atomic E-state index is 0.227. The van der Waals surface area contributed by atoms with E-state index in [0.29, 0.717) is 18.6 Å². The van der Waals surface area contributed by atoms with E-state index in [4.69, 9.17) is 9.84 Å². The van der Waals surface area contributed by atoms with Crippen LogP contribution in [0.5, 0.6) is 5.75 Å². The number of nitrogens with one attached hydrogen (secondary N) is 1. The molecule has 2 aromatic rings. The van der Waals surface area contributed by atoms with Crippen molar-refractivity contribution < 1.29 is 23.8 Å². The molecule has 0 spiro atoms. The predicted octanol–water partition coefficient (Wildman–Crippen LogP) is 3.49. The number of carboxylic acids is 1. The zero-order valence-electron chi connectivity index (χ0n) is 14.6. The molecule has 0 radical (unpaired) electrons. The van der Waals surface area contributed by atoms with Gasteiger partial charge in [0.2, 0.25) is 5.91 Å². The number of benzene rings is 2. The molecule has 2 N–H and O–H groups in total. The third kappa shape index (κ3) is 6.20. The summed E-state index contributed by atoms with van der Waals surface area (Å²) >= 11 is 0. The highest BCUT2D eigenvalue weighted by Crippen LogP contribution is 2.18. The molecule has 0 saturated carbocycles. The summed E-state index contributed by atoms with van der Waals surface area (Å²) in [5.41, 5.74) is 1.54. The molecular formula is C20H22FNO4. The SMILES string of the molecule is CCOc1ccc(CCC(=O)NC(CC(=O)O)c2ccc(F)cc2)cc1. The van der Waals surface area contributed by atoms with Crippen LogP contribution in [0.1, 0.15) is 36.9 Å². The number of aryl methyl sites for hydroxylation is 1. The first-order chi connectivity index (χ1) is 12.5. The molecule has 0 aliphatic rings. The van der Waals surface area contributed by atoms with Crippen LogP contribution in [0.3, 0.4) is 0 Å². The van der Waals surface area contributed by atoms with Crippen molar-refractivity contribution in [1.29, 1.82) is 0 Å². The van der Waals surface area contributed by atoms with Crippen molar-refractivity contribution in [1.82, 2.24) is 5.32 Å². The lowest BCUT2D eigenvalue weighted by molar-refractivity contribution is -0.137. The largest absolute Gasteiger partial charge is 0.494 e. The monoisotopic (exact) mass is 359 g/mol. The Morgan fingerprint density at radius 1 is 1.12 bits per heavy atom. The van der Waals surface area contributed by atoms with Gasteiger partial charge >= 0.3 is 5.97 Å². The lowest BCUT2D eigenvalue weighted by atomic mass is 10.0. The van der Waals surface area contributed by atoms with Crippen LogP contribution in [0.2, 0.25) is 0 Å². The Labute approximate surface area is 151 Å². The quantitative estimate of drug-likeness (QED) is 0.719. The second-order valence-corrected chi connectivity index (χ2v) is 5.85. The standard InChI is InChI=1S/C20H22FNO4/c1-2-26-17-10-3-14(4-11-17)5-12-19(23)22-18(13-20(24)25)15-6-8-16(21)9-7-15/h3-4,6-11,18H,2,5,12-13H2,1H3,(H,22,23)(H,24,25). The lowest BCUT2D eigenvalue weighted by Crippen LogP contribution is -2.30. The third-order valence-electron chi connectivity index (χ3n) is 3.86. The molecule has 1 atom stereocenters. The van der Waals surface area contributed by atoms with E-state index in [0.717, 1.165) is 11.3 Å². The third-order valence-corrected chi connectivity index (χ3v) is 3.86. The molecule has 0 aliphatic heterocycles. The van der Waals surface area contributed by atoms with Crippen molar-refractivity contribution in [3.8, 4) is 5.75 Å². The highest BCUT2D eigenvalue weighted by molar-refractivity contribution is 5.78. The van der Waals surface area contributed by atoms with Gasteiger partial charge in [-0.25, -0.2) is 4.39 Å². The number of halogens is 1. The number of carbonyl (C=O) groups excluding carboxylic acids is 1. The van der Waals surface area contributed by atoms with Gasteiger partial charge in [-0.2, -0.15) is 0 Å². The van der Waals surface area contributed by atoms with Crippen LogP contribution < -0.4 is 10.1 Å². The van der Waals surface area contributed by atoms with Gasteiger partial charge in [0.25, 0.3) is 0 Å². The molecule has 5 nitrogen and oxygen atoms in total. The van der Waals surface area contributed by atoms with Crippen molar-refractivity contribution in [2.24, 2.45) is 0 Å². The Hall–Kier alpha value is -2.89. The molecule has 2 rings (SSSR count). The molecule has 0 bridgehead atoms. The van der Waals surface area contributed by atoms with Crippen LogP contribution in [0.25, 0.3) is 0 Å². The van der Waals surface area contributed by atoms with Gasteiger partial charge in [0, 0.05) is 6.42 Å². The Balaban J connectivity index is 1.93. The Morgan fingerprint density at radius 3 is 2.35 bits per heavy atom. The summed E-state index contributed by atoms with van der Waals surface area (Å²) in [4.78, 5) is 23.3. The molecule has 0 aromatic heterocycles. The summed E-state index contributed by atoms with van der Waals surface area (Å²) in [7, 11) is 0. The topological polar surface area (TPSA) is 75.6 Å². The van der Waals surface area contributed by atoms with E-state index in [1.165, 1.54) is 24.3 Å². The van der Waals surface area contributed by atoms with E-state index in [1.54, 1.807) is 0 Å². The second kappa shape index (κ2) is 9.56. The summed E-state index contributed by atoms with van der Waals surface area (Å²) in [6.45, 7) is 2.50. The van der Waals surface area contributed by atoms with Gasteiger partial charge in [0.05, 0.1) is 19.1 Å². The molecule has 1 amide bonds. The van der Waals surface area contributed by atoms with Crippen LogP contribution in [0, 0.1) is 5.82 Å². The van der Waals surface area contributed by atoms with Gasteiger partial charge < -0.3 is 15.2 Å². The minimum atomic E-state index is -1.04. The fourth-order valence-corrected chi connectivity index (χ4v) is 2.57. The first kappa shape index (κ1) is 19.4. The highest BCUT2D eigenvalue weighted by atomic mass is 19.1. The summed E-state index contributed by atoms with van der Waals surface area (Å²) < 4.78 is 18.4. The first-order valence-electron chi connectivity index (χ1n) is 8.46. The smallest absolute Gasteiger partial charge is 0.305 e. The van der Waals surface area contributed by atoms with Gasteiger partial charge in [-0.05, 0) is 48.7 Å². The molecule has 0 aliphatic carbocycles. The molecule has 0 heterocycles. The number of rotatable bonds is 9. The maximum absolute atomic E-state index is 13.0. The fourth-order valence-electron chi connectivity index (χ4n) is 2.57. The number of hydrogen-bond donors (Lipinski definition) is 2. The number of aliphatic carboxylic acids is 1. The van der Waals surface area contributed by atoms with E-state index in [9.17, 15) is 14.0 Å². The van der Waals surface area contributed by atoms with Crippen molar-refractivity contribution in [2.75, 3.05) is 6.61 Å². The van der Waals surface area contributed by atoms with Gasteiger partial charge in [0.1, 0.15) is 11.6 Å². The molecule has 2 aromatic carbocycles. The van der Waals surface area contributed by atoms with Crippen LogP contribution in [0.4, 0.5) is 4.39 Å². The van der Waals surface area contributed by atoms with Crippen molar-refractivity contribution in [3.63, 3.8) is 0 Å². The van der Waals surface area contributed by atoms with Crippen LogP contribution >= 0.6 is 0 Å². The van der Waals surface area contributed by atoms with Gasteiger partial charge in [-0.3, -0.25) is 9.59 Å². The zero-order chi connectivity index (χ0) is 18.9. The molecule has 1 unspecified atom stereocenters. The van der Waals surface area contributed by atoms with Gasteiger partial charge in [-0.15, -0.1) is 0 Å². The Kier molecular flexibility index (Phi) is 7.14. The molecule has 0 saturated heterocycles. The number of carboxylic acid groups (broad SMARTS) is 1. The molecule has 138 valence electrons. The number of carbonyl (C=O) groups is 2. The molecule has 26 heavy (non-hydrogen) atoms. The van der Waals surface area contributed by atoms with Crippen molar-refractivity contribution in [2.45, 2.75) is 32.2 Å². The van der Waals surface area contributed by atoms with E-state index in [2.05, 4.69) is 5.32 Å². The maximum Gasteiger partial charge on any atom is 0.305 e. The van der Waals surface area contributed by atoms with E-state index in [-0.39, 0.29) is 18.7 Å². The van der Waals surface area contributed by atoms with E-state index in [1.807, 2.05) is 31.2 Å². The summed E-state index contributed by atoms with van der Waals surface area (Å²) in [5.74, 6) is -0.927. The highest BCUT2D eigenvalue weighted by Gasteiger charge is 2.18. The predicted molar refractivity (Wildman–Crippen MR) is 95.5 cm³/mol. The number of hydrogen-bond acceptors (Lipinski definition) is 3. The van der Waals surface area contributed by atoms with Crippen molar-refractivity contribution in [3.05, 3.63) is 65.5 Å². The number of ether oxygens (including phenoxy) is 1. The maximum atomic E-state index is 13.0. The van der Waals surface area contributed by atoms with E-state index >= 15 is 0 Å². The van der Waals surface area contributed by atoms with Crippen LogP contribution in [-0.2, 0) is 16.0 Å². The van der Waals surface area contributed by atoms with Gasteiger partial charge in [-0.1, -0.05) is 24.3 Å². The average molecular weight is 359 g/mol. The molecular weight excluding hydrogens is 337 g/mol. The fraction of sp³-hybridized carbons (Fsp3) is 0.300. The van der Waals surface area contributed by atoms with E-state index < -0.39 is 17.8 Å². The summed E-state index contributed by atoms with van der Waals surface area (Å²) in [5, 5.41) is 11.8. The minimum Gasteiger partial charge on any atom is -0.494 e.